The summed E-state index contributed by atoms with van der Waals surface area (Å²) in [5.74, 6) is 0.452. The van der Waals surface area contributed by atoms with Crippen LogP contribution in [0.3, 0.4) is 0 Å². The molecule has 1 saturated carbocycles. The number of rotatable bonds is 3. The van der Waals surface area contributed by atoms with Crippen molar-refractivity contribution in [2.75, 3.05) is 0 Å². The molecule has 0 bridgehead atoms. The molecule has 0 aliphatic heterocycles. The van der Waals surface area contributed by atoms with E-state index in [0.717, 1.165) is 18.4 Å². The van der Waals surface area contributed by atoms with Crippen LogP contribution in [0, 0.1) is 5.92 Å². The molecule has 0 atom stereocenters. The van der Waals surface area contributed by atoms with Crippen molar-refractivity contribution in [1.29, 1.82) is 0 Å². The molecule has 2 rings (SSSR count). The Bertz CT molecular complexity index is 420. The van der Waals surface area contributed by atoms with E-state index >= 15 is 0 Å². The predicted molar refractivity (Wildman–Crippen MR) is 63.2 cm³/mol. The van der Waals surface area contributed by atoms with Crippen molar-refractivity contribution < 1.29 is 4.79 Å². The van der Waals surface area contributed by atoms with Crippen molar-refractivity contribution in [2.24, 2.45) is 5.92 Å². The first-order valence-corrected chi connectivity index (χ1v) is 5.59. The van der Waals surface area contributed by atoms with Crippen molar-refractivity contribution in [3.05, 3.63) is 39.9 Å². The summed E-state index contributed by atoms with van der Waals surface area (Å²) in [5, 5.41) is 1.17. The van der Waals surface area contributed by atoms with Crippen LogP contribution >= 0.6 is 23.2 Å². The third kappa shape index (κ3) is 2.83. The molecule has 1 aliphatic carbocycles. The minimum absolute atomic E-state index is 0.195. The first kappa shape index (κ1) is 10.7. The monoisotopic (exact) mass is 240 g/mol. The lowest BCUT2D eigenvalue weighted by molar-refractivity contribution is -0.115. The number of halogens is 2. The molecule has 0 unspecified atom stereocenters. The maximum Gasteiger partial charge on any atom is 0.158 e. The molecule has 15 heavy (non-hydrogen) atoms. The summed E-state index contributed by atoms with van der Waals surface area (Å²) in [6.07, 6.45) is 5.40. The largest absolute Gasteiger partial charge is 0.295 e. The zero-order valence-electron chi connectivity index (χ0n) is 8.04. The van der Waals surface area contributed by atoms with Crippen molar-refractivity contribution in [3.8, 4) is 0 Å². The van der Waals surface area contributed by atoms with E-state index in [1.165, 1.54) is 0 Å². The lowest BCUT2D eigenvalue weighted by Crippen LogP contribution is -1.93. The SMILES string of the molecule is O=C(C=Cc1ccc(Cl)cc1Cl)C1CC1. The number of hydrogen-bond acceptors (Lipinski definition) is 1. The fraction of sp³-hybridized carbons (Fsp3) is 0.250. The number of hydrogen-bond donors (Lipinski definition) is 0. The Morgan fingerprint density at radius 2 is 2.07 bits per heavy atom. The summed E-state index contributed by atoms with van der Waals surface area (Å²) in [5.41, 5.74) is 0.829. The van der Waals surface area contributed by atoms with E-state index in [4.69, 9.17) is 23.2 Å². The van der Waals surface area contributed by atoms with E-state index in [1.54, 1.807) is 30.4 Å². The molecule has 3 heteroatoms. The molecular formula is C12H10Cl2O. The van der Waals surface area contributed by atoms with Gasteiger partial charge in [0.15, 0.2) is 5.78 Å². The molecule has 0 heterocycles. The Morgan fingerprint density at radius 1 is 1.33 bits per heavy atom. The minimum Gasteiger partial charge on any atom is -0.295 e. The fourth-order valence-electron chi connectivity index (χ4n) is 1.31. The fourth-order valence-corrected chi connectivity index (χ4v) is 1.78. The van der Waals surface area contributed by atoms with Gasteiger partial charge < -0.3 is 0 Å². The van der Waals surface area contributed by atoms with E-state index in [9.17, 15) is 4.79 Å². The normalized spacial score (nSPS) is 15.9. The maximum atomic E-state index is 11.4. The lowest BCUT2D eigenvalue weighted by Gasteiger charge is -1.98. The average Bonchev–Trinajstić information content (AvgIpc) is 2.99. The molecule has 1 nitrogen and oxygen atoms in total. The Kier molecular flexibility index (Phi) is 3.13. The van der Waals surface area contributed by atoms with Crippen molar-refractivity contribution >= 4 is 35.1 Å². The molecule has 0 N–H and O–H groups in total. The van der Waals surface area contributed by atoms with Gasteiger partial charge in [0.2, 0.25) is 0 Å². The summed E-state index contributed by atoms with van der Waals surface area (Å²) in [4.78, 5) is 11.4. The first-order valence-electron chi connectivity index (χ1n) is 4.84. The summed E-state index contributed by atoms with van der Waals surface area (Å²) >= 11 is 11.7. The topological polar surface area (TPSA) is 17.1 Å². The lowest BCUT2D eigenvalue weighted by atomic mass is 10.1. The van der Waals surface area contributed by atoms with E-state index in [-0.39, 0.29) is 11.7 Å². The molecule has 1 aromatic carbocycles. The van der Waals surface area contributed by atoms with E-state index in [0.29, 0.717) is 10.0 Å². The average molecular weight is 241 g/mol. The van der Waals surface area contributed by atoms with Crippen LogP contribution in [0.1, 0.15) is 18.4 Å². The highest BCUT2D eigenvalue weighted by Gasteiger charge is 2.27. The van der Waals surface area contributed by atoms with Gasteiger partial charge in [-0.15, -0.1) is 0 Å². The minimum atomic E-state index is 0.195. The van der Waals surface area contributed by atoms with Gasteiger partial charge in [-0.05, 0) is 42.7 Å². The van der Waals surface area contributed by atoms with E-state index in [1.807, 2.05) is 0 Å². The second-order valence-corrected chi connectivity index (χ2v) is 4.52. The zero-order chi connectivity index (χ0) is 10.8. The van der Waals surface area contributed by atoms with Crippen LogP contribution in [-0.2, 0) is 4.79 Å². The van der Waals surface area contributed by atoms with Gasteiger partial charge in [0.05, 0.1) is 0 Å². The van der Waals surface area contributed by atoms with Gasteiger partial charge in [-0.1, -0.05) is 29.3 Å². The molecule has 0 spiro atoms. The second-order valence-electron chi connectivity index (χ2n) is 3.68. The van der Waals surface area contributed by atoms with Crippen LogP contribution in [0.2, 0.25) is 10.0 Å². The molecule has 0 radical (unpaired) electrons. The summed E-state index contributed by atoms with van der Waals surface area (Å²) in [6, 6.07) is 5.24. The molecular weight excluding hydrogens is 231 g/mol. The van der Waals surface area contributed by atoms with Gasteiger partial charge in [0.1, 0.15) is 0 Å². The molecule has 1 aliphatic rings. The summed E-state index contributed by atoms with van der Waals surface area (Å²) in [6.45, 7) is 0. The van der Waals surface area contributed by atoms with Gasteiger partial charge in [-0.2, -0.15) is 0 Å². The predicted octanol–water partition coefficient (Wildman–Crippen LogP) is 3.99. The Morgan fingerprint density at radius 3 is 2.67 bits per heavy atom. The molecule has 1 fully saturated rings. The zero-order valence-corrected chi connectivity index (χ0v) is 9.55. The first-order chi connectivity index (χ1) is 7.16. The van der Waals surface area contributed by atoms with Crippen LogP contribution in [0.4, 0.5) is 0 Å². The highest BCUT2D eigenvalue weighted by molar-refractivity contribution is 6.35. The standard InChI is InChI=1S/C12H10Cl2O/c13-10-5-3-8(11(14)7-10)4-6-12(15)9-1-2-9/h3-7,9H,1-2H2. The van der Waals surface area contributed by atoms with Crippen molar-refractivity contribution in [2.45, 2.75) is 12.8 Å². The Labute approximate surface area is 98.7 Å². The number of ketones is 1. The van der Waals surface area contributed by atoms with Crippen LogP contribution in [0.25, 0.3) is 6.08 Å². The van der Waals surface area contributed by atoms with Crippen LogP contribution in [0.15, 0.2) is 24.3 Å². The van der Waals surface area contributed by atoms with Gasteiger partial charge >= 0.3 is 0 Å². The highest BCUT2D eigenvalue weighted by Crippen LogP contribution is 2.30. The molecule has 0 saturated heterocycles. The number of benzene rings is 1. The van der Waals surface area contributed by atoms with Gasteiger partial charge in [-0.25, -0.2) is 0 Å². The van der Waals surface area contributed by atoms with Crippen LogP contribution in [0.5, 0.6) is 0 Å². The van der Waals surface area contributed by atoms with E-state index in [2.05, 4.69) is 0 Å². The van der Waals surface area contributed by atoms with Gasteiger partial charge in [-0.3, -0.25) is 4.79 Å². The maximum absolute atomic E-state index is 11.4. The molecule has 0 aromatic heterocycles. The van der Waals surface area contributed by atoms with Gasteiger partial charge in [0, 0.05) is 16.0 Å². The van der Waals surface area contributed by atoms with Gasteiger partial charge in [0.25, 0.3) is 0 Å². The smallest absolute Gasteiger partial charge is 0.158 e. The third-order valence-electron chi connectivity index (χ3n) is 2.37. The molecule has 0 amide bonds. The summed E-state index contributed by atoms with van der Waals surface area (Å²) in [7, 11) is 0. The number of allylic oxidation sites excluding steroid dienone is 1. The Balaban J connectivity index is 2.12. The Hall–Kier alpha value is -0.790. The number of carbonyl (C=O) groups excluding carboxylic acids is 1. The van der Waals surface area contributed by atoms with Crippen LogP contribution < -0.4 is 0 Å². The highest BCUT2D eigenvalue weighted by atomic mass is 35.5. The van der Waals surface area contributed by atoms with E-state index < -0.39 is 0 Å². The molecule has 78 valence electrons. The van der Waals surface area contributed by atoms with Crippen LogP contribution in [-0.4, -0.2) is 5.78 Å². The third-order valence-corrected chi connectivity index (χ3v) is 2.93. The van der Waals surface area contributed by atoms with Crippen molar-refractivity contribution in [3.63, 3.8) is 0 Å². The van der Waals surface area contributed by atoms with Crippen molar-refractivity contribution in [1.82, 2.24) is 0 Å². The number of carbonyl (C=O) groups is 1. The summed E-state index contributed by atoms with van der Waals surface area (Å²) < 4.78 is 0. The quantitative estimate of drug-likeness (QED) is 0.731. The second kappa shape index (κ2) is 4.38. The molecule has 1 aromatic rings.